The summed E-state index contributed by atoms with van der Waals surface area (Å²) < 4.78 is 0. The van der Waals surface area contributed by atoms with E-state index in [4.69, 9.17) is 0 Å². The third-order valence-corrected chi connectivity index (χ3v) is 4.07. The number of nitrogens with zero attached hydrogens (tertiary/aromatic N) is 3. The molecular formula is C21H17N3O2. The molecular weight excluding hydrogens is 326 g/mol. The average Bonchev–Trinajstić information content (AvgIpc) is 2.68. The minimum atomic E-state index is -1.13. The predicted molar refractivity (Wildman–Crippen MR) is 98.6 cm³/mol. The molecule has 0 amide bonds. The lowest BCUT2D eigenvalue weighted by molar-refractivity contribution is 0.0697. The Morgan fingerprint density at radius 1 is 1.15 bits per heavy atom. The van der Waals surface area contributed by atoms with Crippen LogP contribution >= 0.6 is 0 Å². The Morgan fingerprint density at radius 2 is 1.88 bits per heavy atom. The molecule has 5 heteroatoms. The van der Waals surface area contributed by atoms with Crippen molar-refractivity contribution in [2.45, 2.75) is 19.8 Å². The highest BCUT2D eigenvalue weighted by Crippen LogP contribution is 2.27. The van der Waals surface area contributed by atoms with Crippen LogP contribution in [0.25, 0.3) is 22.6 Å². The van der Waals surface area contributed by atoms with Gasteiger partial charge in [-0.2, -0.15) is 5.26 Å². The van der Waals surface area contributed by atoms with Gasteiger partial charge >= 0.3 is 5.97 Å². The zero-order chi connectivity index (χ0) is 18.5. The summed E-state index contributed by atoms with van der Waals surface area (Å²) in [5.41, 5.74) is 3.11. The molecule has 0 atom stereocenters. The molecule has 2 aromatic carbocycles. The zero-order valence-electron chi connectivity index (χ0n) is 14.3. The second kappa shape index (κ2) is 7.58. The summed E-state index contributed by atoms with van der Waals surface area (Å²) in [4.78, 5) is 20.3. The Hall–Kier alpha value is -3.52. The third kappa shape index (κ3) is 3.45. The fraction of sp³-hybridized carbons (Fsp3) is 0.143. The molecule has 0 aliphatic rings. The highest BCUT2D eigenvalue weighted by molar-refractivity contribution is 5.95. The molecule has 0 unspecified atom stereocenters. The molecule has 0 aliphatic heterocycles. The minimum Gasteiger partial charge on any atom is -0.478 e. The standard InChI is InChI=1S/C21H17N3O2/c1-2-5-14-8-10-15(11-9-14)20-23-13-18(21(25)26)19(24-20)17-7-4-3-6-16(17)12-22/h3-4,6-11,13H,2,5H2,1H3,(H,25,26). The molecule has 5 nitrogen and oxygen atoms in total. The smallest absolute Gasteiger partial charge is 0.339 e. The maximum atomic E-state index is 11.6. The van der Waals surface area contributed by atoms with Crippen molar-refractivity contribution in [1.29, 1.82) is 5.26 Å². The Labute approximate surface area is 151 Å². The second-order valence-corrected chi connectivity index (χ2v) is 5.87. The molecule has 0 bridgehead atoms. The number of hydrogen-bond donors (Lipinski definition) is 1. The van der Waals surface area contributed by atoms with Gasteiger partial charge in [-0.15, -0.1) is 0 Å². The van der Waals surface area contributed by atoms with Gasteiger partial charge in [-0.05, 0) is 18.1 Å². The largest absolute Gasteiger partial charge is 0.478 e. The monoisotopic (exact) mass is 343 g/mol. The van der Waals surface area contributed by atoms with E-state index in [-0.39, 0.29) is 11.3 Å². The molecule has 1 heterocycles. The molecule has 0 saturated heterocycles. The maximum Gasteiger partial charge on any atom is 0.339 e. The summed E-state index contributed by atoms with van der Waals surface area (Å²) in [5, 5.41) is 18.8. The molecule has 26 heavy (non-hydrogen) atoms. The molecule has 1 N–H and O–H groups in total. The highest BCUT2D eigenvalue weighted by Gasteiger charge is 2.18. The number of carboxylic acids is 1. The third-order valence-electron chi connectivity index (χ3n) is 4.07. The van der Waals surface area contributed by atoms with Crippen LogP contribution in [0.1, 0.15) is 34.8 Å². The lowest BCUT2D eigenvalue weighted by Gasteiger charge is -2.09. The van der Waals surface area contributed by atoms with Crippen molar-refractivity contribution < 1.29 is 9.90 Å². The van der Waals surface area contributed by atoms with Crippen LogP contribution in [-0.4, -0.2) is 21.0 Å². The summed E-state index contributed by atoms with van der Waals surface area (Å²) in [7, 11) is 0. The quantitative estimate of drug-likeness (QED) is 0.745. The van der Waals surface area contributed by atoms with E-state index in [0.29, 0.717) is 17.0 Å². The van der Waals surface area contributed by atoms with Gasteiger partial charge in [0.15, 0.2) is 5.82 Å². The Balaban J connectivity index is 2.13. The number of carboxylic acid groups (broad SMARTS) is 1. The maximum absolute atomic E-state index is 11.6. The molecule has 128 valence electrons. The van der Waals surface area contributed by atoms with Gasteiger partial charge in [-0.3, -0.25) is 0 Å². The number of hydrogen-bond acceptors (Lipinski definition) is 4. The second-order valence-electron chi connectivity index (χ2n) is 5.87. The van der Waals surface area contributed by atoms with Gasteiger partial charge in [0.1, 0.15) is 5.56 Å². The van der Waals surface area contributed by atoms with Crippen LogP contribution in [-0.2, 0) is 6.42 Å². The van der Waals surface area contributed by atoms with Gasteiger partial charge < -0.3 is 5.11 Å². The number of benzene rings is 2. The highest BCUT2D eigenvalue weighted by atomic mass is 16.4. The van der Waals surface area contributed by atoms with E-state index in [1.807, 2.05) is 24.3 Å². The molecule has 0 fully saturated rings. The Bertz CT molecular complexity index is 989. The summed E-state index contributed by atoms with van der Waals surface area (Å²) in [6, 6.07) is 16.8. The number of carbonyl (C=O) groups is 1. The molecule has 0 radical (unpaired) electrons. The molecule has 0 aliphatic carbocycles. The first kappa shape index (κ1) is 17.3. The van der Waals surface area contributed by atoms with E-state index in [0.717, 1.165) is 18.4 Å². The normalized spacial score (nSPS) is 10.3. The van der Waals surface area contributed by atoms with E-state index in [2.05, 4.69) is 23.0 Å². The van der Waals surface area contributed by atoms with E-state index >= 15 is 0 Å². The van der Waals surface area contributed by atoms with Gasteiger partial charge in [-0.1, -0.05) is 55.8 Å². The van der Waals surface area contributed by atoms with E-state index in [1.54, 1.807) is 24.3 Å². The molecule has 3 rings (SSSR count). The number of rotatable bonds is 5. The fourth-order valence-electron chi connectivity index (χ4n) is 2.78. The first-order valence-corrected chi connectivity index (χ1v) is 8.33. The molecule has 1 aromatic heterocycles. The first-order chi connectivity index (χ1) is 12.6. The van der Waals surface area contributed by atoms with Gasteiger partial charge in [0.2, 0.25) is 0 Å². The summed E-state index contributed by atoms with van der Waals surface area (Å²) >= 11 is 0. The Morgan fingerprint density at radius 3 is 2.54 bits per heavy atom. The van der Waals surface area contributed by atoms with Crippen molar-refractivity contribution in [3.05, 3.63) is 71.4 Å². The van der Waals surface area contributed by atoms with Gasteiger partial charge in [0.25, 0.3) is 0 Å². The summed E-state index contributed by atoms with van der Waals surface area (Å²) in [6.45, 7) is 2.13. The van der Waals surface area contributed by atoms with Crippen molar-refractivity contribution >= 4 is 5.97 Å². The van der Waals surface area contributed by atoms with Crippen molar-refractivity contribution in [1.82, 2.24) is 9.97 Å². The van der Waals surface area contributed by atoms with Crippen LogP contribution < -0.4 is 0 Å². The van der Waals surface area contributed by atoms with Gasteiger partial charge in [-0.25, -0.2) is 14.8 Å². The van der Waals surface area contributed by atoms with E-state index < -0.39 is 5.97 Å². The van der Waals surface area contributed by atoms with Crippen molar-refractivity contribution in [3.63, 3.8) is 0 Å². The van der Waals surface area contributed by atoms with E-state index in [1.165, 1.54) is 11.8 Å². The van der Waals surface area contributed by atoms with Crippen LogP contribution in [0, 0.1) is 11.3 Å². The lowest BCUT2D eigenvalue weighted by Crippen LogP contribution is -2.05. The molecule has 0 spiro atoms. The minimum absolute atomic E-state index is 0.0287. The van der Waals surface area contributed by atoms with Crippen LogP contribution in [0.2, 0.25) is 0 Å². The van der Waals surface area contributed by atoms with Crippen LogP contribution in [0.4, 0.5) is 0 Å². The average molecular weight is 343 g/mol. The number of aromatic carboxylic acids is 1. The van der Waals surface area contributed by atoms with Gasteiger partial charge in [0, 0.05) is 17.3 Å². The summed E-state index contributed by atoms with van der Waals surface area (Å²) in [5.74, 6) is -0.696. The van der Waals surface area contributed by atoms with Crippen LogP contribution in [0.15, 0.2) is 54.7 Å². The Kier molecular flexibility index (Phi) is 5.04. The molecule has 3 aromatic rings. The lowest BCUT2D eigenvalue weighted by atomic mass is 10.0. The molecule has 0 saturated carbocycles. The van der Waals surface area contributed by atoms with Crippen molar-refractivity contribution in [3.8, 4) is 28.7 Å². The van der Waals surface area contributed by atoms with Crippen LogP contribution in [0.5, 0.6) is 0 Å². The van der Waals surface area contributed by atoms with E-state index in [9.17, 15) is 15.2 Å². The fourth-order valence-corrected chi connectivity index (χ4v) is 2.78. The number of aryl methyl sites for hydroxylation is 1. The van der Waals surface area contributed by atoms with Gasteiger partial charge in [0.05, 0.1) is 17.3 Å². The number of aromatic nitrogens is 2. The predicted octanol–water partition coefficient (Wildman–Crippen LogP) is 4.33. The van der Waals surface area contributed by atoms with Crippen molar-refractivity contribution in [2.75, 3.05) is 0 Å². The van der Waals surface area contributed by atoms with Crippen LogP contribution in [0.3, 0.4) is 0 Å². The van der Waals surface area contributed by atoms with Crippen molar-refractivity contribution in [2.24, 2.45) is 0 Å². The summed E-state index contributed by atoms with van der Waals surface area (Å²) in [6.07, 6.45) is 3.37. The number of nitriles is 1. The SMILES string of the molecule is CCCc1ccc(-c2ncc(C(=O)O)c(-c3ccccc3C#N)n2)cc1. The topological polar surface area (TPSA) is 86.9 Å². The zero-order valence-corrected chi connectivity index (χ0v) is 14.3. The first-order valence-electron chi connectivity index (χ1n) is 8.33.